The van der Waals surface area contributed by atoms with E-state index in [2.05, 4.69) is 5.16 Å². The molecule has 0 radical (unpaired) electrons. The third-order valence-electron chi connectivity index (χ3n) is 3.73. The molecule has 0 amide bonds. The number of hydrogen-bond acceptors (Lipinski definition) is 4. The second-order valence-electron chi connectivity index (χ2n) is 5.67. The second-order valence-corrected chi connectivity index (χ2v) is 5.67. The highest BCUT2D eigenvalue weighted by Crippen LogP contribution is 2.41. The van der Waals surface area contributed by atoms with Gasteiger partial charge in [0.2, 0.25) is 5.78 Å². The molecule has 3 rings (SSSR count). The van der Waals surface area contributed by atoms with E-state index in [1.54, 1.807) is 0 Å². The number of allylic oxidation sites excluding steroid dienone is 1. The number of ether oxygens (including phenoxy) is 1. The van der Waals surface area contributed by atoms with E-state index < -0.39 is 0 Å². The lowest BCUT2D eigenvalue weighted by Gasteiger charge is -2.36. The van der Waals surface area contributed by atoms with Gasteiger partial charge in [0.1, 0.15) is 18.5 Å². The van der Waals surface area contributed by atoms with Gasteiger partial charge in [-0.15, -0.1) is 0 Å². The molecule has 0 saturated carbocycles. The van der Waals surface area contributed by atoms with Crippen molar-refractivity contribution >= 4 is 17.3 Å². The molecule has 0 atom stereocenters. The predicted octanol–water partition coefficient (Wildman–Crippen LogP) is 2.92. The topological polar surface area (TPSA) is 47.9 Å². The second kappa shape index (κ2) is 4.47. The molecule has 0 bridgehead atoms. The van der Waals surface area contributed by atoms with Gasteiger partial charge in [0, 0.05) is 16.7 Å². The third kappa shape index (κ3) is 1.92. The number of Topliss-reactive ketones (excluding diaryl/α,β-unsaturated/α-hetero) is 1. The van der Waals surface area contributed by atoms with Gasteiger partial charge in [-0.25, -0.2) is 0 Å². The molecule has 0 N–H and O–H groups in total. The summed E-state index contributed by atoms with van der Waals surface area (Å²) in [5.74, 6) is 0.618. The van der Waals surface area contributed by atoms with Gasteiger partial charge in [0.25, 0.3) is 0 Å². The van der Waals surface area contributed by atoms with Gasteiger partial charge in [-0.2, -0.15) is 0 Å². The Balaban J connectivity index is 2.22. The summed E-state index contributed by atoms with van der Waals surface area (Å²) in [6.07, 6.45) is 1.53. The maximum atomic E-state index is 12.6. The van der Waals surface area contributed by atoms with Crippen LogP contribution in [0.2, 0.25) is 0 Å². The summed E-state index contributed by atoms with van der Waals surface area (Å²) >= 11 is 0. The minimum absolute atomic E-state index is 0.0870. The highest BCUT2D eigenvalue weighted by molar-refractivity contribution is 6.54. The van der Waals surface area contributed by atoms with Crippen molar-refractivity contribution in [2.24, 2.45) is 5.16 Å². The van der Waals surface area contributed by atoms with E-state index in [0.29, 0.717) is 23.5 Å². The fourth-order valence-corrected chi connectivity index (χ4v) is 2.70. The van der Waals surface area contributed by atoms with Crippen molar-refractivity contribution in [1.82, 2.24) is 0 Å². The molecule has 1 aliphatic carbocycles. The maximum Gasteiger partial charge on any atom is 0.215 e. The number of hydrogen-bond donors (Lipinski definition) is 0. The standard InChI is InChI=1S/C16H17NO3/c1-16(2)9-8-12-14(18)13(17-19-3)10-6-4-5-7-11(10)15(12)20-16/h4-7H,8-9H2,1-3H3/b17-13-. The van der Waals surface area contributed by atoms with Crippen LogP contribution in [0.4, 0.5) is 0 Å². The SMILES string of the molecule is CO/N=C1\C(=O)C2=C(OC(C)(C)CC2)c2ccccc21. The molecule has 1 aromatic rings. The summed E-state index contributed by atoms with van der Waals surface area (Å²) in [6, 6.07) is 7.66. The maximum absolute atomic E-state index is 12.6. The van der Waals surface area contributed by atoms with E-state index in [1.807, 2.05) is 38.1 Å². The van der Waals surface area contributed by atoms with Gasteiger partial charge >= 0.3 is 0 Å². The van der Waals surface area contributed by atoms with Gasteiger partial charge in [-0.3, -0.25) is 4.79 Å². The predicted molar refractivity (Wildman–Crippen MR) is 76.3 cm³/mol. The zero-order chi connectivity index (χ0) is 14.3. The van der Waals surface area contributed by atoms with Crippen LogP contribution in [0.3, 0.4) is 0 Å². The molecule has 0 aromatic heterocycles. The molecule has 0 spiro atoms. The van der Waals surface area contributed by atoms with E-state index in [-0.39, 0.29) is 11.4 Å². The van der Waals surface area contributed by atoms with Crippen LogP contribution in [0, 0.1) is 0 Å². The lowest BCUT2D eigenvalue weighted by Crippen LogP contribution is -2.35. The fraction of sp³-hybridized carbons (Fsp3) is 0.375. The molecular weight excluding hydrogens is 254 g/mol. The molecule has 4 heteroatoms. The van der Waals surface area contributed by atoms with E-state index in [4.69, 9.17) is 9.57 Å². The fourth-order valence-electron chi connectivity index (χ4n) is 2.70. The Morgan fingerprint density at radius 2 is 1.95 bits per heavy atom. The molecule has 2 aliphatic rings. The number of nitrogens with zero attached hydrogens (tertiary/aromatic N) is 1. The van der Waals surface area contributed by atoms with Crippen LogP contribution in [-0.2, 0) is 14.4 Å². The first kappa shape index (κ1) is 12.9. The minimum Gasteiger partial charge on any atom is -0.487 e. The van der Waals surface area contributed by atoms with Crippen molar-refractivity contribution < 1.29 is 14.4 Å². The van der Waals surface area contributed by atoms with Crippen molar-refractivity contribution in [3.63, 3.8) is 0 Å². The smallest absolute Gasteiger partial charge is 0.215 e. The monoisotopic (exact) mass is 271 g/mol. The highest BCUT2D eigenvalue weighted by atomic mass is 16.6. The molecule has 4 nitrogen and oxygen atoms in total. The lowest BCUT2D eigenvalue weighted by atomic mass is 9.82. The van der Waals surface area contributed by atoms with E-state index in [1.165, 1.54) is 7.11 Å². The normalized spacial score (nSPS) is 22.1. The lowest BCUT2D eigenvalue weighted by molar-refractivity contribution is -0.110. The van der Waals surface area contributed by atoms with Crippen LogP contribution in [0.25, 0.3) is 5.76 Å². The number of carbonyl (C=O) groups is 1. The van der Waals surface area contributed by atoms with Crippen LogP contribution >= 0.6 is 0 Å². The Hall–Kier alpha value is -2.10. The summed E-state index contributed by atoms with van der Waals surface area (Å²) in [7, 11) is 1.45. The van der Waals surface area contributed by atoms with E-state index in [0.717, 1.165) is 17.5 Å². The first-order valence-corrected chi connectivity index (χ1v) is 6.71. The molecule has 20 heavy (non-hydrogen) atoms. The zero-order valence-electron chi connectivity index (χ0n) is 11.9. The van der Waals surface area contributed by atoms with Crippen LogP contribution in [0.15, 0.2) is 35.0 Å². The van der Waals surface area contributed by atoms with Crippen molar-refractivity contribution in [3.8, 4) is 0 Å². The first-order valence-electron chi connectivity index (χ1n) is 6.71. The number of oxime groups is 1. The van der Waals surface area contributed by atoms with Gasteiger partial charge in [0.05, 0.1) is 0 Å². The van der Waals surface area contributed by atoms with Crippen molar-refractivity contribution in [2.45, 2.75) is 32.3 Å². The van der Waals surface area contributed by atoms with Crippen LogP contribution in [0.5, 0.6) is 0 Å². The molecule has 0 fully saturated rings. The quantitative estimate of drug-likeness (QED) is 0.738. The average Bonchev–Trinajstić information content (AvgIpc) is 2.42. The minimum atomic E-state index is -0.248. The number of fused-ring (bicyclic) bond motifs is 2. The molecular formula is C16H17NO3. The van der Waals surface area contributed by atoms with Crippen molar-refractivity contribution in [3.05, 3.63) is 41.0 Å². The summed E-state index contributed by atoms with van der Waals surface area (Å²) in [5.41, 5.74) is 2.52. The summed E-state index contributed by atoms with van der Waals surface area (Å²) < 4.78 is 6.06. The van der Waals surface area contributed by atoms with E-state index in [9.17, 15) is 4.79 Å². The Kier molecular flexibility index (Phi) is 2.89. The summed E-state index contributed by atoms with van der Waals surface area (Å²) in [5, 5.41) is 3.91. The molecule has 0 unspecified atom stereocenters. The molecule has 0 saturated heterocycles. The van der Waals surface area contributed by atoms with Gasteiger partial charge in [-0.1, -0.05) is 29.4 Å². The molecule has 1 heterocycles. The number of rotatable bonds is 1. The summed E-state index contributed by atoms with van der Waals surface area (Å²) in [4.78, 5) is 17.4. The average molecular weight is 271 g/mol. The Morgan fingerprint density at radius 3 is 2.65 bits per heavy atom. The Morgan fingerprint density at radius 1 is 1.25 bits per heavy atom. The zero-order valence-corrected chi connectivity index (χ0v) is 11.9. The van der Waals surface area contributed by atoms with Gasteiger partial charge in [0.15, 0.2) is 5.71 Å². The Labute approximate surface area is 118 Å². The first-order chi connectivity index (χ1) is 9.53. The third-order valence-corrected chi connectivity index (χ3v) is 3.73. The molecule has 1 aliphatic heterocycles. The van der Waals surface area contributed by atoms with Gasteiger partial charge in [-0.05, 0) is 26.7 Å². The highest BCUT2D eigenvalue weighted by Gasteiger charge is 2.38. The van der Waals surface area contributed by atoms with Gasteiger partial charge < -0.3 is 9.57 Å². The van der Waals surface area contributed by atoms with Crippen LogP contribution < -0.4 is 0 Å². The summed E-state index contributed by atoms with van der Waals surface area (Å²) in [6.45, 7) is 4.09. The van der Waals surface area contributed by atoms with Crippen molar-refractivity contribution in [1.29, 1.82) is 0 Å². The number of benzene rings is 1. The van der Waals surface area contributed by atoms with E-state index >= 15 is 0 Å². The molecule has 104 valence electrons. The van der Waals surface area contributed by atoms with Crippen LogP contribution in [-0.4, -0.2) is 24.2 Å². The molecule has 1 aromatic carbocycles. The number of ketones is 1. The Bertz CT molecular complexity index is 641. The largest absolute Gasteiger partial charge is 0.487 e. The van der Waals surface area contributed by atoms with Crippen molar-refractivity contribution in [2.75, 3.05) is 7.11 Å². The van der Waals surface area contributed by atoms with Crippen LogP contribution in [0.1, 0.15) is 37.8 Å². The number of carbonyl (C=O) groups excluding carboxylic acids is 1.